The van der Waals surface area contributed by atoms with Gasteiger partial charge in [0.15, 0.2) is 0 Å². The highest BCUT2D eigenvalue weighted by atomic mass is 16.5. The molecule has 1 unspecified atom stereocenters. The Kier molecular flexibility index (Phi) is 3.88. The highest BCUT2D eigenvalue weighted by Gasteiger charge is 2.24. The number of hydrogen-bond donors (Lipinski definition) is 0. The zero-order valence-corrected chi connectivity index (χ0v) is 8.75. The second-order valence-electron chi connectivity index (χ2n) is 3.76. The van der Waals surface area contributed by atoms with Crippen molar-refractivity contribution in [2.75, 3.05) is 20.2 Å². The quantitative estimate of drug-likeness (QED) is 0.659. The molecule has 1 fully saturated rings. The van der Waals surface area contributed by atoms with Crippen LogP contribution >= 0.6 is 0 Å². The molecule has 3 heteroatoms. The summed E-state index contributed by atoms with van der Waals surface area (Å²) >= 11 is 0. The van der Waals surface area contributed by atoms with Gasteiger partial charge in [-0.25, -0.2) is 0 Å². The van der Waals surface area contributed by atoms with Gasteiger partial charge in [-0.2, -0.15) is 0 Å². The molecule has 0 aromatic rings. The molecule has 0 N–H and O–H groups in total. The van der Waals surface area contributed by atoms with Crippen molar-refractivity contribution in [3.8, 4) is 0 Å². The molecule has 0 aliphatic carbocycles. The molecule has 0 spiro atoms. The largest absolute Gasteiger partial charge is 0.381 e. The van der Waals surface area contributed by atoms with Gasteiger partial charge in [0, 0.05) is 20.2 Å². The van der Waals surface area contributed by atoms with Crippen LogP contribution in [0.25, 0.3) is 0 Å². The van der Waals surface area contributed by atoms with Crippen molar-refractivity contribution < 1.29 is 9.53 Å². The molecule has 1 aliphatic heterocycles. The molecule has 0 aromatic heterocycles. The predicted molar refractivity (Wildman–Crippen MR) is 51.7 cm³/mol. The van der Waals surface area contributed by atoms with Gasteiger partial charge in [0.05, 0.1) is 12.1 Å². The molecular weight excluding hydrogens is 166 g/mol. The normalized spacial score (nSPS) is 23.0. The van der Waals surface area contributed by atoms with Crippen LogP contribution < -0.4 is 0 Å². The van der Waals surface area contributed by atoms with Gasteiger partial charge in [-0.15, -0.1) is 0 Å². The van der Waals surface area contributed by atoms with E-state index in [1.165, 1.54) is 0 Å². The monoisotopic (exact) mass is 185 g/mol. The molecule has 3 nitrogen and oxygen atoms in total. The van der Waals surface area contributed by atoms with E-state index in [1.54, 1.807) is 14.0 Å². The maximum Gasteiger partial charge on any atom is 0.146 e. The zero-order valence-electron chi connectivity index (χ0n) is 8.75. The summed E-state index contributed by atoms with van der Waals surface area (Å²) in [5, 5.41) is 0. The number of likely N-dealkylation sites (tertiary alicyclic amines) is 1. The summed E-state index contributed by atoms with van der Waals surface area (Å²) in [7, 11) is 1.76. The van der Waals surface area contributed by atoms with Crippen molar-refractivity contribution in [3.63, 3.8) is 0 Å². The lowest BCUT2D eigenvalue weighted by Crippen LogP contribution is -2.44. The van der Waals surface area contributed by atoms with Gasteiger partial charge in [-0.3, -0.25) is 9.69 Å². The average molecular weight is 185 g/mol. The van der Waals surface area contributed by atoms with E-state index in [0.717, 1.165) is 25.9 Å². The third kappa shape index (κ3) is 2.78. The maximum absolute atomic E-state index is 11.1. The number of rotatable bonds is 3. The van der Waals surface area contributed by atoms with Gasteiger partial charge in [0.25, 0.3) is 0 Å². The summed E-state index contributed by atoms with van der Waals surface area (Å²) in [4.78, 5) is 13.4. The third-order valence-electron chi connectivity index (χ3n) is 2.95. The van der Waals surface area contributed by atoms with Crippen LogP contribution in [-0.4, -0.2) is 43.0 Å². The van der Waals surface area contributed by atoms with E-state index in [-0.39, 0.29) is 11.8 Å². The Bertz CT molecular complexity index is 174. The SMILES string of the molecule is COC1CCN(C(C)C(C)=O)CC1. The highest BCUT2D eigenvalue weighted by molar-refractivity contribution is 5.80. The second-order valence-corrected chi connectivity index (χ2v) is 3.76. The van der Waals surface area contributed by atoms with E-state index < -0.39 is 0 Å². The van der Waals surface area contributed by atoms with Crippen molar-refractivity contribution in [2.24, 2.45) is 0 Å². The Morgan fingerprint density at radius 2 is 2.00 bits per heavy atom. The molecule has 0 aromatic carbocycles. The smallest absolute Gasteiger partial charge is 0.146 e. The minimum atomic E-state index is 0.0813. The van der Waals surface area contributed by atoms with E-state index in [9.17, 15) is 4.79 Å². The molecule has 1 saturated heterocycles. The molecule has 1 atom stereocenters. The number of hydrogen-bond acceptors (Lipinski definition) is 3. The minimum Gasteiger partial charge on any atom is -0.381 e. The summed E-state index contributed by atoms with van der Waals surface area (Å²) in [5.41, 5.74) is 0. The first-order chi connectivity index (χ1) is 6.15. The summed E-state index contributed by atoms with van der Waals surface area (Å²) in [5.74, 6) is 0.260. The molecule has 1 aliphatic rings. The van der Waals surface area contributed by atoms with Crippen LogP contribution in [0.1, 0.15) is 26.7 Å². The fraction of sp³-hybridized carbons (Fsp3) is 0.900. The van der Waals surface area contributed by atoms with E-state index in [0.29, 0.717) is 6.10 Å². The molecule has 0 saturated carbocycles. The molecular formula is C10H19NO2. The van der Waals surface area contributed by atoms with Crippen molar-refractivity contribution in [2.45, 2.75) is 38.8 Å². The van der Waals surface area contributed by atoms with Gasteiger partial charge in [-0.1, -0.05) is 0 Å². The number of methoxy groups -OCH3 is 1. The topological polar surface area (TPSA) is 29.5 Å². The first-order valence-corrected chi connectivity index (χ1v) is 4.92. The average Bonchev–Trinajstić information content (AvgIpc) is 2.17. The van der Waals surface area contributed by atoms with Crippen LogP contribution in [0.3, 0.4) is 0 Å². The lowest BCUT2D eigenvalue weighted by molar-refractivity contribution is -0.122. The van der Waals surface area contributed by atoms with Crippen molar-refractivity contribution >= 4 is 5.78 Å². The van der Waals surface area contributed by atoms with Crippen LogP contribution in [0.2, 0.25) is 0 Å². The fourth-order valence-corrected chi connectivity index (χ4v) is 1.76. The van der Waals surface area contributed by atoms with E-state index in [1.807, 2.05) is 6.92 Å². The third-order valence-corrected chi connectivity index (χ3v) is 2.95. The van der Waals surface area contributed by atoms with Crippen molar-refractivity contribution in [3.05, 3.63) is 0 Å². The van der Waals surface area contributed by atoms with Gasteiger partial charge < -0.3 is 4.74 Å². The lowest BCUT2D eigenvalue weighted by atomic mass is 10.0. The number of carbonyl (C=O) groups is 1. The number of carbonyl (C=O) groups excluding carboxylic acids is 1. The Balaban J connectivity index is 2.36. The van der Waals surface area contributed by atoms with Crippen molar-refractivity contribution in [1.29, 1.82) is 0 Å². The predicted octanol–water partition coefficient (Wildman–Crippen LogP) is 1.07. The van der Waals surface area contributed by atoms with Gasteiger partial charge in [0.1, 0.15) is 5.78 Å². The Labute approximate surface area is 80.1 Å². The minimum absolute atomic E-state index is 0.0813. The van der Waals surface area contributed by atoms with E-state index in [4.69, 9.17) is 4.74 Å². The molecule has 0 radical (unpaired) electrons. The highest BCUT2D eigenvalue weighted by Crippen LogP contribution is 2.15. The summed E-state index contributed by atoms with van der Waals surface area (Å²) in [6.45, 7) is 5.61. The number of piperidine rings is 1. The van der Waals surface area contributed by atoms with Gasteiger partial charge >= 0.3 is 0 Å². The standard InChI is InChI=1S/C10H19NO2/c1-8(9(2)12)11-6-4-10(13-3)5-7-11/h8,10H,4-7H2,1-3H3. The Morgan fingerprint density at radius 1 is 1.46 bits per heavy atom. The number of ether oxygens (including phenoxy) is 1. The zero-order chi connectivity index (χ0) is 9.84. The second kappa shape index (κ2) is 4.72. The van der Waals surface area contributed by atoms with E-state index in [2.05, 4.69) is 4.90 Å². The van der Waals surface area contributed by atoms with Crippen LogP contribution in [0, 0.1) is 0 Å². The maximum atomic E-state index is 11.1. The fourth-order valence-electron chi connectivity index (χ4n) is 1.76. The first kappa shape index (κ1) is 10.7. The van der Waals surface area contributed by atoms with Gasteiger partial charge in [-0.05, 0) is 26.7 Å². The Hall–Kier alpha value is -0.410. The molecule has 0 bridgehead atoms. The molecule has 76 valence electrons. The van der Waals surface area contributed by atoms with Crippen LogP contribution in [0.15, 0.2) is 0 Å². The molecule has 1 heterocycles. The van der Waals surface area contributed by atoms with E-state index >= 15 is 0 Å². The van der Waals surface area contributed by atoms with Gasteiger partial charge in [0.2, 0.25) is 0 Å². The molecule has 0 amide bonds. The van der Waals surface area contributed by atoms with Crippen LogP contribution in [-0.2, 0) is 9.53 Å². The lowest BCUT2D eigenvalue weighted by Gasteiger charge is -2.34. The molecule has 1 rings (SSSR count). The Morgan fingerprint density at radius 3 is 2.38 bits per heavy atom. The first-order valence-electron chi connectivity index (χ1n) is 4.92. The summed E-state index contributed by atoms with van der Waals surface area (Å²) in [6, 6.07) is 0.0813. The van der Waals surface area contributed by atoms with Crippen LogP contribution in [0.5, 0.6) is 0 Å². The number of ketones is 1. The van der Waals surface area contributed by atoms with Crippen molar-refractivity contribution in [1.82, 2.24) is 4.90 Å². The summed E-state index contributed by atoms with van der Waals surface area (Å²) in [6.07, 6.45) is 2.50. The summed E-state index contributed by atoms with van der Waals surface area (Å²) < 4.78 is 5.27. The number of Topliss-reactive ketones (excluding diaryl/α,β-unsaturated/α-hetero) is 1. The molecule has 13 heavy (non-hydrogen) atoms. The number of nitrogens with zero attached hydrogens (tertiary/aromatic N) is 1. The van der Waals surface area contributed by atoms with Crippen LogP contribution in [0.4, 0.5) is 0 Å².